The minimum Gasteiger partial charge on any atom is -0.493 e. The van der Waals surface area contributed by atoms with Gasteiger partial charge in [0, 0.05) is 6.42 Å². The Morgan fingerprint density at radius 2 is 1.61 bits per heavy atom. The predicted molar refractivity (Wildman–Crippen MR) is 89.3 cm³/mol. The summed E-state index contributed by atoms with van der Waals surface area (Å²) in [4.78, 5) is 24.8. The Kier molecular flexibility index (Phi) is 4.26. The van der Waals surface area contributed by atoms with E-state index in [4.69, 9.17) is 14.2 Å². The van der Waals surface area contributed by atoms with Gasteiger partial charge in [0.2, 0.25) is 0 Å². The molecule has 1 aliphatic heterocycles. The van der Waals surface area contributed by atoms with Gasteiger partial charge in [-0.3, -0.25) is 9.59 Å². The molecule has 23 heavy (non-hydrogen) atoms. The molecule has 0 radical (unpaired) electrons. The molecule has 1 saturated carbocycles. The molecule has 0 atom stereocenters. The summed E-state index contributed by atoms with van der Waals surface area (Å²) >= 11 is 0. The molecule has 0 aromatic carbocycles. The number of fused-ring (bicyclic) bond motifs is 1. The Balaban J connectivity index is 2.62. The fourth-order valence-corrected chi connectivity index (χ4v) is 5.14. The van der Waals surface area contributed by atoms with E-state index in [1.54, 1.807) is 0 Å². The summed E-state index contributed by atoms with van der Waals surface area (Å²) in [5, 5.41) is 0.967. The van der Waals surface area contributed by atoms with Gasteiger partial charge in [0.1, 0.15) is 13.7 Å². The Morgan fingerprint density at radius 3 is 2.04 bits per heavy atom. The van der Waals surface area contributed by atoms with E-state index in [9.17, 15) is 9.59 Å². The van der Waals surface area contributed by atoms with Crippen molar-refractivity contribution < 1.29 is 23.8 Å². The minimum atomic E-state index is -1.77. The summed E-state index contributed by atoms with van der Waals surface area (Å²) in [6, 6.07) is 0. The smallest absolute Gasteiger partial charge is 0.323 e. The molecule has 0 aromatic heterocycles. The standard InChI is InChI=1S/C17H26O5Si/c1-16(2)8-11-9-17(14(18)20-3,15(19)21-4)10-12(11)13(22-16)23(5,6)7/h8H,9-10H2,1-7H3. The van der Waals surface area contributed by atoms with Crippen LogP contribution in [0.15, 0.2) is 22.6 Å². The monoisotopic (exact) mass is 338 g/mol. The average Bonchev–Trinajstić information content (AvgIpc) is 2.82. The van der Waals surface area contributed by atoms with Crippen LogP contribution >= 0.6 is 0 Å². The fraction of sp³-hybridized carbons (Fsp3) is 0.647. The molecular weight excluding hydrogens is 312 g/mol. The van der Waals surface area contributed by atoms with Gasteiger partial charge in [-0.1, -0.05) is 19.6 Å². The number of esters is 2. The summed E-state index contributed by atoms with van der Waals surface area (Å²) in [5.74, 6) is -1.08. The number of ether oxygens (including phenoxy) is 3. The third kappa shape index (κ3) is 2.96. The molecule has 0 spiro atoms. The van der Waals surface area contributed by atoms with Crippen molar-refractivity contribution >= 4 is 20.0 Å². The maximum atomic E-state index is 12.4. The molecule has 2 aliphatic rings. The van der Waals surface area contributed by atoms with E-state index < -0.39 is 31.0 Å². The predicted octanol–water partition coefficient (Wildman–Crippen LogP) is 2.98. The van der Waals surface area contributed by atoms with E-state index in [1.165, 1.54) is 14.2 Å². The quantitative estimate of drug-likeness (QED) is 0.450. The minimum absolute atomic E-state index is 0.286. The number of allylic oxidation sites excluding steroid dienone is 2. The van der Waals surface area contributed by atoms with Crippen LogP contribution in [-0.4, -0.2) is 39.8 Å². The maximum absolute atomic E-state index is 12.4. The second-order valence-corrected chi connectivity index (χ2v) is 12.8. The highest BCUT2D eigenvalue weighted by atomic mass is 28.3. The summed E-state index contributed by atoms with van der Waals surface area (Å²) in [7, 11) is 0.835. The Hall–Kier alpha value is -1.56. The third-order valence-electron chi connectivity index (χ3n) is 4.35. The van der Waals surface area contributed by atoms with Crippen molar-refractivity contribution in [2.45, 2.75) is 51.9 Å². The van der Waals surface area contributed by atoms with E-state index >= 15 is 0 Å². The molecule has 0 saturated heterocycles. The van der Waals surface area contributed by atoms with Crippen LogP contribution in [0.3, 0.4) is 0 Å². The van der Waals surface area contributed by atoms with Gasteiger partial charge >= 0.3 is 11.9 Å². The fourth-order valence-electron chi connectivity index (χ4n) is 3.42. The molecule has 1 heterocycles. The Morgan fingerprint density at radius 1 is 1.09 bits per heavy atom. The second-order valence-electron chi connectivity index (χ2n) is 7.85. The maximum Gasteiger partial charge on any atom is 0.323 e. The van der Waals surface area contributed by atoms with Gasteiger partial charge in [-0.25, -0.2) is 0 Å². The highest BCUT2D eigenvalue weighted by Crippen LogP contribution is 2.52. The van der Waals surface area contributed by atoms with Crippen LogP contribution in [0.4, 0.5) is 0 Å². The molecule has 0 aromatic rings. The lowest BCUT2D eigenvalue weighted by atomic mass is 9.85. The van der Waals surface area contributed by atoms with Gasteiger partial charge < -0.3 is 14.2 Å². The van der Waals surface area contributed by atoms with E-state index in [0.717, 1.165) is 16.5 Å². The van der Waals surface area contributed by atoms with Gasteiger partial charge in [0.05, 0.1) is 19.6 Å². The lowest BCUT2D eigenvalue weighted by Gasteiger charge is -2.36. The topological polar surface area (TPSA) is 61.8 Å². The summed E-state index contributed by atoms with van der Waals surface area (Å²) < 4.78 is 16.1. The molecule has 0 N–H and O–H groups in total. The second kappa shape index (κ2) is 5.51. The van der Waals surface area contributed by atoms with Crippen LogP contribution < -0.4 is 0 Å². The van der Waals surface area contributed by atoms with Crippen molar-refractivity contribution in [2.75, 3.05) is 14.2 Å². The molecule has 0 amide bonds. The number of hydrogen-bond acceptors (Lipinski definition) is 5. The zero-order valence-corrected chi connectivity index (χ0v) is 16.0. The molecule has 5 nitrogen and oxygen atoms in total. The first-order chi connectivity index (χ1) is 10.5. The number of rotatable bonds is 3. The first-order valence-electron chi connectivity index (χ1n) is 7.78. The molecule has 0 bridgehead atoms. The van der Waals surface area contributed by atoms with Crippen LogP contribution in [0.25, 0.3) is 0 Å². The van der Waals surface area contributed by atoms with Crippen molar-refractivity contribution in [3.8, 4) is 0 Å². The zero-order chi connectivity index (χ0) is 17.6. The van der Waals surface area contributed by atoms with Gasteiger partial charge in [0.15, 0.2) is 5.41 Å². The van der Waals surface area contributed by atoms with Crippen molar-refractivity contribution in [3.63, 3.8) is 0 Å². The summed E-state index contributed by atoms with van der Waals surface area (Å²) in [6.07, 6.45) is 2.61. The first kappa shape index (κ1) is 17.8. The summed E-state index contributed by atoms with van der Waals surface area (Å²) in [6.45, 7) is 10.6. The SMILES string of the molecule is COC(=O)C1(C(=O)OC)CC2=CC(C)(C)OC([Si](C)(C)C)=C2C1. The van der Waals surface area contributed by atoms with Gasteiger partial charge in [-0.05, 0) is 37.5 Å². The largest absolute Gasteiger partial charge is 0.493 e. The highest BCUT2D eigenvalue weighted by molar-refractivity contribution is 6.82. The van der Waals surface area contributed by atoms with Crippen molar-refractivity contribution in [3.05, 3.63) is 22.6 Å². The van der Waals surface area contributed by atoms with Crippen LogP contribution in [-0.2, 0) is 23.8 Å². The Labute approximate surface area is 138 Å². The van der Waals surface area contributed by atoms with Crippen molar-refractivity contribution in [1.82, 2.24) is 0 Å². The summed E-state index contributed by atoms with van der Waals surface area (Å²) in [5.41, 5.74) is 0.254. The van der Waals surface area contributed by atoms with Crippen molar-refractivity contribution in [2.24, 2.45) is 5.41 Å². The number of methoxy groups -OCH3 is 2. The molecular formula is C17H26O5Si. The van der Waals surface area contributed by atoms with Crippen LogP contribution in [0.5, 0.6) is 0 Å². The highest BCUT2D eigenvalue weighted by Gasteiger charge is 2.56. The number of carbonyl (C=O) groups is 2. The number of hydrogen-bond donors (Lipinski definition) is 0. The van der Waals surface area contributed by atoms with E-state index in [2.05, 4.69) is 19.6 Å². The van der Waals surface area contributed by atoms with Gasteiger partial charge in [0.25, 0.3) is 0 Å². The van der Waals surface area contributed by atoms with Crippen LogP contribution in [0, 0.1) is 5.41 Å². The van der Waals surface area contributed by atoms with E-state index in [0.29, 0.717) is 6.42 Å². The van der Waals surface area contributed by atoms with Gasteiger partial charge in [-0.15, -0.1) is 0 Å². The van der Waals surface area contributed by atoms with Crippen LogP contribution in [0.1, 0.15) is 26.7 Å². The lowest BCUT2D eigenvalue weighted by Crippen LogP contribution is -2.39. The van der Waals surface area contributed by atoms with Gasteiger partial charge in [-0.2, -0.15) is 0 Å². The Bertz CT molecular complexity index is 591. The van der Waals surface area contributed by atoms with Crippen molar-refractivity contribution in [1.29, 1.82) is 0 Å². The molecule has 6 heteroatoms. The molecule has 0 unspecified atom stereocenters. The molecule has 1 fully saturated rings. The lowest BCUT2D eigenvalue weighted by molar-refractivity contribution is -0.168. The average molecular weight is 338 g/mol. The normalized spacial score (nSPS) is 22.0. The number of carbonyl (C=O) groups excluding carboxylic acids is 2. The molecule has 1 aliphatic carbocycles. The van der Waals surface area contributed by atoms with E-state index in [1.807, 2.05) is 19.9 Å². The van der Waals surface area contributed by atoms with Crippen LogP contribution in [0.2, 0.25) is 19.6 Å². The molecule has 128 valence electrons. The zero-order valence-electron chi connectivity index (χ0n) is 15.0. The molecule has 2 rings (SSSR count). The van der Waals surface area contributed by atoms with E-state index in [-0.39, 0.29) is 6.42 Å². The third-order valence-corrected chi connectivity index (χ3v) is 6.12. The first-order valence-corrected chi connectivity index (χ1v) is 11.3.